The van der Waals surface area contributed by atoms with E-state index in [-0.39, 0.29) is 11.5 Å². The summed E-state index contributed by atoms with van der Waals surface area (Å²) in [7, 11) is 0. The second-order valence-corrected chi connectivity index (χ2v) is 7.63. The highest BCUT2D eigenvalue weighted by molar-refractivity contribution is 9.10. The van der Waals surface area contributed by atoms with Crippen molar-refractivity contribution in [2.24, 2.45) is 0 Å². The molecule has 3 rings (SSSR count). The number of hydrogen-bond acceptors (Lipinski definition) is 5. The molecule has 1 aliphatic heterocycles. The van der Waals surface area contributed by atoms with Crippen molar-refractivity contribution >= 4 is 50.9 Å². The Morgan fingerprint density at radius 1 is 1.25 bits per heavy atom. The second kappa shape index (κ2) is 8.57. The quantitative estimate of drug-likeness (QED) is 0.640. The lowest BCUT2D eigenvalue weighted by Gasteiger charge is -2.11. The van der Waals surface area contributed by atoms with Gasteiger partial charge in [-0.3, -0.25) is 19.3 Å². The first-order chi connectivity index (χ1) is 13.3. The Balaban J connectivity index is 1.86. The number of ether oxygens (including phenoxy) is 1. The fraction of sp³-hybridized carbons (Fsp3) is 0.105. The van der Waals surface area contributed by atoms with E-state index in [1.54, 1.807) is 36.4 Å². The van der Waals surface area contributed by atoms with Crippen molar-refractivity contribution in [2.75, 3.05) is 6.54 Å². The van der Waals surface area contributed by atoms with Crippen LogP contribution in [0.5, 0.6) is 5.75 Å². The summed E-state index contributed by atoms with van der Waals surface area (Å²) in [4.78, 5) is 35.8. The van der Waals surface area contributed by atoms with E-state index in [0.717, 1.165) is 0 Å². The molecule has 0 spiro atoms. The number of imide groups is 1. The van der Waals surface area contributed by atoms with Gasteiger partial charge in [-0.25, -0.2) is 4.39 Å². The van der Waals surface area contributed by atoms with E-state index >= 15 is 0 Å². The van der Waals surface area contributed by atoms with Crippen molar-refractivity contribution in [3.05, 3.63) is 68.8 Å². The molecule has 0 saturated carbocycles. The van der Waals surface area contributed by atoms with Crippen LogP contribution in [0, 0.1) is 5.82 Å². The molecule has 0 aliphatic carbocycles. The van der Waals surface area contributed by atoms with Crippen LogP contribution in [0.15, 0.2) is 51.8 Å². The zero-order valence-corrected chi connectivity index (χ0v) is 16.6. The molecule has 2 amide bonds. The topological polar surface area (TPSA) is 83.9 Å². The number of carbonyl (C=O) groups is 3. The monoisotopic (exact) mass is 465 g/mol. The van der Waals surface area contributed by atoms with Gasteiger partial charge in [0.2, 0.25) is 0 Å². The molecule has 1 saturated heterocycles. The molecule has 144 valence electrons. The van der Waals surface area contributed by atoms with E-state index in [1.165, 1.54) is 12.1 Å². The average molecular weight is 466 g/mol. The number of carboxylic acids is 1. The lowest BCUT2D eigenvalue weighted by atomic mass is 10.1. The molecule has 0 bridgehead atoms. The predicted octanol–water partition coefficient (Wildman–Crippen LogP) is 4.29. The van der Waals surface area contributed by atoms with Gasteiger partial charge in [-0.2, -0.15) is 0 Å². The SMILES string of the molecule is O=C(O)CN1C(=O)SC(=Cc2cc(Br)ccc2OCc2ccccc2F)C1=O. The van der Waals surface area contributed by atoms with Gasteiger partial charge < -0.3 is 9.84 Å². The summed E-state index contributed by atoms with van der Waals surface area (Å²) < 4.78 is 20.2. The lowest BCUT2D eigenvalue weighted by molar-refractivity contribution is -0.140. The number of rotatable bonds is 6. The number of hydrogen-bond donors (Lipinski definition) is 1. The molecule has 1 N–H and O–H groups in total. The van der Waals surface area contributed by atoms with Crippen LogP contribution in [0.4, 0.5) is 9.18 Å². The molecule has 2 aromatic rings. The molecule has 0 atom stereocenters. The fourth-order valence-corrected chi connectivity index (χ4v) is 3.66. The van der Waals surface area contributed by atoms with Crippen LogP contribution in [0.25, 0.3) is 6.08 Å². The maximum Gasteiger partial charge on any atom is 0.323 e. The minimum atomic E-state index is -1.28. The second-order valence-electron chi connectivity index (χ2n) is 5.72. The van der Waals surface area contributed by atoms with Crippen LogP contribution >= 0.6 is 27.7 Å². The maximum absolute atomic E-state index is 13.8. The van der Waals surface area contributed by atoms with Crippen LogP contribution < -0.4 is 4.74 Å². The third-order valence-electron chi connectivity index (χ3n) is 3.77. The number of thioether (sulfide) groups is 1. The van der Waals surface area contributed by atoms with Crippen molar-refractivity contribution in [1.29, 1.82) is 0 Å². The standard InChI is InChI=1S/C19H13BrFNO5S/c20-13-5-6-15(27-10-11-3-1-2-4-14(11)21)12(7-13)8-16-18(25)22(9-17(23)24)19(26)28-16/h1-8H,9-10H2,(H,23,24). The van der Waals surface area contributed by atoms with E-state index in [1.807, 2.05) is 0 Å². The predicted molar refractivity (Wildman–Crippen MR) is 105 cm³/mol. The molecule has 0 radical (unpaired) electrons. The third-order valence-corrected chi connectivity index (χ3v) is 5.17. The smallest absolute Gasteiger partial charge is 0.323 e. The molecular formula is C19H13BrFNO5S. The average Bonchev–Trinajstić information content (AvgIpc) is 2.89. The van der Waals surface area contributed by atoms with Crippen molar-refractivity contribution < 1.29 is 28.6 Å². The molecule has 9 heteroatoms. The molecule has 6 nitrogen and oxygen atoms in total. The largest absolute Gasteiger partial charge is 0.488 e. The minimum absolute atomic E-state index is 0.0182. The summed E-state index contributed by atoms with van der Waals surface area (Å²) in [5.74, 6) is -1.97. The van der Waals surface area contributed by atoms with E-state index in [2.05, 4.69) is 15.9 Å². The summed E-state index contributed by atoms with van der Waals surface area (Å²) in [5.41, 5.74) is 0.865. The molecule has 28 heavy (non-hydrogen) atoms. The molecular weight excluding hydrogens is 453 g/mol. The van der Waals surface area contributed by atoms with Crippen LogP contribution in [-0.2, 0) is 16.2 Å². The highest BCUT2D eigenvalue weighted by atomic mass is 79.9. The Bertz CT molecular complexity index is 994. The maximum atomic E-state index is 13.8. The first-order valence-electron chi connectivity index (χ1n) is 7.98. The number of aliphatic carboxylic acids is 1. The van der Waals surface area contributed by atoms with Gasteiger partial charge in [-0.15, -0.1) is 0 Å². The number of amides is 2. The van der Waals surface area contributed by atoms with Gasteiger partial charge in [0.25, 0.3) is 11.1 Å². The molecule has 2 aromatic carbocycles. The van der Waals surface area contributed by atoms with Crippen LogP contribution in [0.1, 0.15) is 11.1 Å². The number of halogens is 2. The van der Waals surface area contributed by atoms with Gasteiger partial charge in [-0.05, 0) is 42.1 Å². The third kappa shape index (κ3) is 4.60. The first kappa shape index (κ1) is 20.1. The van der Waals surface area contributed by atoms with Gasteiger partial charge in [0.1, 0.15) is 24.7 Å². The zero-order chi connectivity index (χ0) is 20.3. The highest BCUT2D eigenvalue weighted by Crippen LogP contribution is 2.35. The molecule has 0 aromatic heterocycles. The van der Waals surface area contributed by atoms with Crippen LogP contribution in [0.2, 0.25) is 0 Å². The summed E-state index contributed by atoms with van der Waals surface area (Å²) in [6.07, 6.45) is 1.45. The van der Waals surface area contributed by atoms with Gasteiger partial charge in [0.15, 0.2) is 0 Å². The van der Waals surface area contributed by atoms with Crippen molar-refractivity contribution in [3.8, 4) is 5.75 Å². The Morgan fingerprint density at radius 3 is 2.71 bits per heavy atom. The van der Waals surface area contributed by atoms with Crippen molar-refractivity contribution in [1.82, 2.24) is 4.90 Å². The van der Waals surface area contributed by atoms with Crippen molar-refractivity contribution in [3.63, 3.8) is 0 Å². The number of carbonyl (C=O) groups excluding carboxylic acids is 2. The molecule has 0 unspecified atom stereocenters. The van der Waals surface area contributed by atoms with Gasteiger partial charge in [0, 0.05) is 15.6 Å². The Kier molecular flexibility index (Phi) is 6.15. The summed E-state index contributed by atoms with van der Waals surface area (Å²) in [6, 6.07) is 11.3. The van der Waals surface area contributed by atoms with Crippen LogP contribution in [0.3, 0.4) is 0 Å². The zero-order valence-electron chi connectivity index (χ0n) is 14.2. The summed E-state index contributed by atoms with van der Waals surface area (Å²) in [5, 5.41) is 8.18. The van der Waals surface area contributed by atoms with Gasteiger partial charge >= 0.3 is 5.97 Å². The number of benzene rings is 2. The van der Waals surface area contributed by atoms with E-state index in [9.17, 15) is 18.8 Å². The lowest BCUT2D eigenvalue weighted by Crippen LogP contribution is -2.33. The van der Waals surface area contributed by atoms with Gasteiger partial charge in [0.05, 0.1) is 4.91 Å². The van der Waals surface area contributed by atoms with E-state index in [4.69, 9.17) is 9.84 Å². The molecule has 1 fully saturated rings. The first-order valence-corrected chi connectivity index (χ1v) is 9.59. The Morgan fingerprint density at radius 2 is 2.00 bits per heavy atom. The Hall–Kier alpha value is -2.65. The summed E-state index contributed by atoms with van der Waals surface area (Å²) in [6.45, 7) is -0.716. The fourth-order valence-electron chi connectivity index (χ4n) is 2.45. The minimum Gasteiger partial charge on any atom is -0.488 e. The van der Waals surface area contributed by atoms with Crippen LogP contribution in [-0.4, -0.2) is 33.7 Å². The number of carboxylic acid groups (broad SMARTS) is 1. The summed E-state index contributed by atoms with van der Waals surface area (Å²) >= 11 is 3.99. The van der Waals surface area contributed by atoms with Crippen molar-refractivity contribution in [2.45, 2.75) is 6.61 Å². The molecule has 1 heterocycles. The highest BCUT2D eigenvalue weighted by Gasteiger charge is 2.36. The Labute approximate surface area is 172 Å². The molecule has 1 aliphatic rings. The van der Waals surface area contributed by atoms with E-state index in [0.29, 0.717) is 38.0 Å². The van der Waals surface area contributed by atoms with Gasteiger partial charge in [-0.1, -0.05) is 34.1 Å². The van der Waals surface area contributed by atoms with E-state index < -0.39 is 29.5 Å². The number of nitrogens with zero attached hydrogens (tertiary/aromatic N) is 1. The normalized spacial score (nSPS) is 15.4.